The first kappa shape index (κ1) is 34.2. The number of β-lactam (4-membered cyclic amide) rings is 1. The number of alkyl halides is 1. The van der Waals surface area contributed by atoms with Gasteiger partial charge in [0.15, 0.2) is 16.6 Å². The van der Waals surface area contributed by atoms with Gasteiger partial charge in [0.25, 0.3) is 0 Å². The van der Waals surface area contributed by atoms with Gasteiger partial charge >= 0.3 is 11.9 Å². The van der Waals surface area contributed by atoms with Crippen molar-refractivity contribution in [3.63, 3.8) is 0 Å². The molecule has 0 aliphatic carbocycles. The van der Waals surface area contributed by atoms with Gasteiger partial charge in [0.2, 0.25) is 17.3 Å². The molecular formula is C29H34ClN5O8S2. The molecule has 2 aliphatic heterocycles. The highest BCUT2D eigenvalue weighted by molar-refractivity contribution is 8.00. The molecular weight excluding hydrogens is 646 g/mol. The molecule has 3 heterocycles. The zero-order valence-electron chi connectivity index (χ0n) is 25.6. The summed E-state index contributed by atoms with van der Waals surface area (Å²) in [7, 11) is 1.55. The van der Waals surface area contributed by atoms with Gasteiger partial charge in [-0.1, -0.05) is 17.3 Å². The molecule has 1 saturated heterocycles. The normalized spacial score (nSPS) is 18.6. The fraction of sp³-hybridized carbons (Fsp3) is 0.483. The summed E-state index contributed by atoms with van der Waals surface area (Å²) in [5, 5.41) is 3.52. The highest BCUT2D eigenvalue weighted by atomic mass is 35.5. The lowest BCUT2D eigenvalue weighted by Gasteiger charge is -2.49. The largest absolute Gasteiger partial charge is 0.497 e. The Morgan fingerprint density at radius 3 is 2.42 bits per heavy atom. The molecule has 2 atom stereocenters. The molecule has 1 aromatic heterocycles. The molecule has 242 valence electrons. The van der Waals surface area contributed by atoms with Crippen LogP contribution in [-0.2, 0) is 40.1 Å². The lowest BCUT2D eigenvalue weighted by Crippen LogP contribution is -2.62. The number of ether oxygens (including phenoxy) is 3. The van der Waals surface area contributed by atoms with E-state index < -0.39 is 46.1 Å². The van der Waals surface area contributed by atoms with Gasteiger partial charge in [-0.25, -0.2) is 9.59 Å². The number of anilines is 1. The van der Waals surface area contributed by atoms with Crippen LogP contribution in [0.15, 0.2) is 40.7 Å². The van der Waals surface area contributed by atoms with E-state index in [0.29, 0.717) is 17.1 Å². The summed E-state index contributed by atoms with van der Waals surface area (Å²) in [4.78, 5) is 63.8. The second kappa shape index (κ2) is 13.7. The summed E-state index contributed by atoms with van der Waals surface area (Å²) in [5.74, 6) is -2.27. The van der Waals surface area contributed by atoms with Gasteiger partial charge in [0.1, 0.15) is 23.7 Å². The third-order valence-electron chi connectivity index (χ3n) is 6.62. The van der Waals surface area contributed by atoms with Crippen LogP contribution >= 0.6 is 34.9 Å². The van der Waals surface area contributed by atoms with Crippen LogP contribution in [0.5, 0.6) is 5.75 Å². The van der Waals surface area contributed by atoms with Crippen LogP contribution in [0.2, 0.25) is 0 Å². The monoisotopic (exact) mass is 679 g/mol. The van der Waals surface area contributed by atoms with Crippen LogP contribution in [0.4, 0.5) is 5.13 Å². The third kappa shape index (κ3) is 7.94. The van der Waals surface area contributed by atoms with Crippen molar-refractivity contribution in [3.8, 4) is 5.75 Å². The molecule has 0 saturated carbocycles. The molecule has 1 fully saturated rings. The van der Waals surface area contributed by atoms with Crippen molar-refractivity contribution >= 4 is 69.4 Å². The SMILES string of the molecule is COc1ccc(COC(=O)C2=C(CCl)CS[C@@H]3[C@H](CC(=O)/C(=N\OC(C)(C)C(=O)OC(C)(C)C)c4nsc(N)n4)C(=O)N23)cc1. The highest BCUT2D eigenvalue weighted by Gasteiger charge is 2.54. The summed E-state index contributed by atoms with van der Waals surface area (Å²) in [6.45, 7) is 7.99. The third-order valence-corrected chi connectivity index (χ3v) is 8.88. The Morgan fingerprint density at radius 2 is 1.84 bits per heavy atom. The highest BCUT2D eigenvalue weighted by Crippen LogP contribution is 2.45. The van der Waals surface area contributed by atoms with E-state index in [9.17, 15) is 19.2 Å². The number of ketones is 1. The van der Waals surface area contributed by atoms with Gasteiger partial charge in [0, 0.05) is 29.6 Å². The molecule has 0 radical (unpaired) electrons. The van der Waals surface area contributed by atoms with Crippen molar-refractivity contribution in [3.05, 3.63) is 46.9 Å². The number of nitrogens with zero attached hydrogens (tertiary/aromatic N) is 4. The minimum absolute atomic E-state index is 0.0209. The number of nitrogens with two attached hydrogens (primary N) is 1. The van der Waals surface area contributed by atoms with Gasteiger partial charge in [-0.15, -0.1) is 23.4 Å². The predicted octanol–water partition coefficient (Wildman–Crippen LogP) is 3.70. The maximum atomic E-state index is 13.6. The smallest absolute Gasteiger partial charge is 0.355 e. The Balaban J connectivity index is 1.49. The number of amides is 1. The summed E-state index contributed by atoms with van der Waals surface area (Å²) in [6.07, 6.45) is -0.286. The van der Waals surface area contributed by atoms with E-state index in [-0.39, 0.29) is 41.3 Å². The first-order chi connectivity index (χ1) is 21.1. The van der Waals surface area contributed by atoms with Gasteiger partial charge < -0.3 is 24.8 Å². The standard InChI is InChI=1S/C29H34ClN5O8S2/c1-28(2,3)42-26(39)29(4,5)43-33-20(22-32-27(31)45-34-22)19(36)11-18-23(37)35-21(16(12-30)14-44-24(18)35)25(38)41-13-15-7-9-17(40-6)10-8-15/h7-10,18,24H,11-14H2,1-6H3,(H2,31,32,34)/b33-20+/t18-,24-/m1/s1. The van der Waals surface area contributed by atoms with Crippen LogP contribution < -0.4 is 10.5 Å². The number of oxime groups is 1. The van der Waals surface area contributed by atoms with Gasteiger partial charge in [0.05, 0.1) is 18.4 Å². The number of esters is 2. The summed E-state index contributed by atoms with van der Waals surface area (Å²) >= 11 is 8.38. The number of hydrogen-bond donors (Lipinski definition) is 1. The van der Waals surface area contributed by atoms with Crippen molar-refractivity contribution in [1.82, 2.24) is 14.3 Å². The lowest BCUT2D eigenvalue weighted by molar-refractivity contribution is -0.179. The molecule has 45 heavy (non-hydrogen) atoms. The van der Waals surface area contributed by atoms with E-state index in [0.717, 1.165) is 17.1 Å². The Kier molecular flexibility index (Phi) is 10.4. The first-order valence-electron chi connectivity index (χ1n) is 13.8. The fourth-order valence-electron chi connectivity index (χ4n) is 4.29. The number of thioether (sulfide) groups is 1. The summed E-state index contributed by atoms with van der Waals surface area (Å²) in [5.41, 5.74) is 4.47. The van der Waals surface area contributed by atoms with E-state index in [1.165, 1.54) is 30.5 Å². The number of methoxy groups -OCH3 is 1. The Morgan fingerprint density at radius 1 is 1.16 bits per heavy atom. The zero-order valence-corrected chi connectivity index (χ0v) is 28.0. The molecule has 0 unspecified atom stereocenters. The lowest BCUT2D eigenvalue weighted by atomic mass is 9.89. The van der Waals surface area contributed by atoms with E-state index in [1.807, 2.05) is 0 Å². The number of fused-ring (bicyclic) bond motifs is 1. The number of carbonyl (C=O) groups excluding carboxylic acids is 4. The van der Waals surface area contributed by atoms with Crippen LogP contribution in [0.3, 0.4) is 0 Å². The molecule has 16 heteroatoms. The number of carbonyl (C=O) groups is 4. The van der Waals surface area contributed by atoms with Crippen molar-refractivity contribution < 1.29 is 38.2 Å². The van der Waals surface area contributed by atoms with Crippen molar-refractivity contribution in [2.24, 2.45) is 11.1 Å². The second-order valence-corrected chi connectivity index (χ2v) is 13.8. The van der Waals surface area contributed by atoms with E-state index in [4.69, 9.17) is 36.4 Å². The Hall–Kier alpha value is -3.69. The number of nitrogen functional groups attached to an aromatic ring is 1. The number of hydrogen-bond acceptors (Lipinski definition) is 14. The minimum atomic E-state index is -1.56. The van der Waals surface area contributed by atoms with Crippen LogP contribution in [-0.4, -0.2) is 78.9 Å². The second-order valence-electron chi connectivity index (χ2n) is 11.7. The molecule has 0 bridgehead atoms. The average Bonchev–Trinajstić information content (AvgIpc) is 3.42. The van der Waals surface area contributed by atoms with E-state index in [1.54, 1.807) is 52.1 Å². The molecule has 2 aromatic rings. The number of benzene rings is 1. The first-order valence-corrected chi connectivity index (χ1v) is 16.2. The zero-order chi connectivity index (χ0) is 33.1. The fourth-order valence-corrected chi connectivity index (χ4v) is 6.47. The molecule has 2 aliphatic rings. The molecule has 4 rings (SSSR count). The maximum absolute atomic E-state index is 13.6. The summed E-state index contributed by atoms with van der Waals surface area (Å²) in [6, 6.07) is 7.02. The average molecular weight is 680 g/mol. The number of halogens is 1. The quantitative estimate of drug-likeness (QED) is 0.114. The van der Waals surface area contributed by atoms with Crippen molar-refractivity contribution in [2.75, 3.05) is 24.5 Å². The van der Waals surface area contributed by atoms with Crippen LogP contribution in [0.25, 0.3) is 0 Å². The van der Waals surface area contributed by atoms with Crippen molar-refractivity contribution in [1.29, 1.82) is 0 Å². The minimum Gasteiger partial charge on any atom is -0.497 e. The molecule has 0 spiro atoms. The van der Waals surface area contributed by atoms with Crippen LogP contribution in [0.1, 0.15) is 52.4 Å². The number of rotatable bonds is 12. The van der Waals surface area contributed by atoms with Crippen molar-refractivity contribution in [2.45, 2.75) is 64.2 Å². The summed E-state index contributed by atoms with van der Waals surface area (Å²) < 4.78 is 20.1. The number of Topliss-reactive ketones (excluding diaryl/α,β-unsaturated/α-hetero) is 1. The topological polar surface area (TPSA) is 173 Å². The Labute approximate surface area is 273 Å². The van der Waals surface area contributed by atoms with Gasteiger partial charge in [-0.2, -0.15) is 9.36 Å². The number of aromatic nitrogens is 2. The molecule has 1 aromatic carbocycles. The maximum Gasteiger partial charge on any atom is 0.355 e. The van der Waals surface area contributed by atoms with E-state index in [2.05, 4.69) is 14.5 Å². The molecule has 1 amide bonds. The molecule has 2 N–H and O–H groups in total. The van der Waals surface area contributed by atoms with Crippen LogP contribution in [0, 0.1) is 5.92 Å². The van der Waals surface area contributed by atoms with Gasteiger partial charge in [-0.05, 0) is 57.9 Å². The predicted molar refractivity (Wildman–Crippen MR) is 169 cm³/mol. The molecule has 13 nitrogen and oxygen atoms in total. The Bertz CT molecular complexity index is 1530. The van der Waals surface area contributed by atoms with E-state index >= 15 is 0 Å². The van der Waals surface area contributed by atoms with Gasteiger partial charge in [-0.3, -0.25) is 14.5 Å².